The van der Waals surface area contributed by atoms with Crippen LogP contribution in [-0.2, 0) is 4.74 Å². The van der Waals surface area contributed by atoms with E-state index in [2.05, 4.69) is 15.3 Å². The van der Waals surface area contributed by atoms with E-state index in [0.717, 1.165) is 12.8 Å². The first-order valence-electron chi connectivity index (χ1n) is 8.48. The van der Waals surface area contributed by atoms with Crippen molar-refractivity contribution in [3.63, 3.8) is 0 Å². The minimum absolute atomic E-state index is 0.122. The second-order valence-electron chi connectivity index (χ2n) is 5.60. The average Bonchev–Trinajstić information content (AvgIpc) is 2.62. The molecule has 0 bridgehead atoms. The van der Waals surface area contributed by atoms with Gasteiger partial charge >= 0.3 is 11.8 Å². The SMILES string of the molecule is CCCCNc1ncnc(N2CCN(C(=O)OCC)CC2)c1[N+](=O)[O-]. The highest BCUT2D eigenvalue weighted by Gasteiger charge is 2.30. The fourth-order valence-electron chi connectivity index (χ4n) is 2.60. The van der Waals surface area contributed by atoms with Crippen molar-refractivity contribution >= 4 is 23.4 Å². The summed E-state index contributed by atoms with van der Waals surface area (Å²) in [6.45, 7) is 6.50. The van der Waals surface area contributed by atoms with Gasteiger partial charge in [0, 0.05) is 32.7 Å². The van der Waals surface area contributed by atoms with Gasteiger partial charge in [0.15, 0.2) is 0 Å². The highest BCUT2D eigenvalue weighted by atomic mass is 16.6. The Bertz CT molecular complexity index is 604. The Morgan fingerprint density at radius 2 is 2.04 bits per heavy atom. The van der Waals surface area contributed by atoms with Crippen molar-refractivity contribution in [2.45, 2.75) is 26.7 Å². The van der Waals surface area contributed by atoms with Crippen LogP contribution in [0.4, 0.5) is 22.1 Å². The minimum atomic E-state index is -0.457. The molecule has 2 heterocycles. The van der Waals surface area contributed by atoms with E-state index < -0.39 is 4.92 Å². The third-order valence-electron chi connectivity index (χ3n) is 3.91. The number of anilines is 2. The summed E-state index contributed by atoms with van der Waals surface area (Å²) in [5, 5.41) is 14.6. The van der Waals surface area contributed by atoms with E-state index in [1.165, 1.54) is 6.33 Å². The Hall–Kier alpha value is -2.65. The van der Waals surface area contributed by atoms with Gasteiger partial charge in [-0.15, -0.1) is 0 Å². The number of hydrogen-bond donors (Lipinski definition) is 1. The van der Waals surface area contributed by atoms with Crippen LogP contribution < -0.4 is 10.2 Å². The minimum Gasteiger partial charge on any atom is -0.450 e. The van der Waals surface area contributed by atoms with Gasteiger partial charge in [-0.1, -0.05) is 13.3 Å². The number of hydrogen-bond acceptors (Lipinski definition) is 8. The number of piperazine rings is 1. The van der Waals surface area contributed by atoms with Gasteiger partial charge in [-0.25, -0.2) is 14.8 Å². The maximum atomic E-state index is 11.8. The molecule has 0 saturated carbocycles. The number of carbonyl (C=O) groups excluding carboxylic acids is 1. The van der Waals surface area contributed by atoms with E-state index in [0.29, 0.717) is 39.3 Å². The van der Waals surface area contributed by atoms with Gasteiger partial charge in [-0.05, 0) is 13.3 Å². The highest BCUT2D eigenvalue weighted by molar-refractivity contribution is 5.71. The van der Waals surface area contributed by atoms with Crippen LogP contribution in [0.5, 0.6) is 0 Å². The average molecular weight is 352 g/mol. The van der Waals surface area contributed by atoms with Gasteiger partial charge < -0.3 is 19.9 Å². The topological polar surface area (TPSA) is 114 Å². The highest BCUT2D eigenvalue weighted by Crippen LogP contribution is 2.32. The van der Waals surface area contributed by atoms with Gasteiger partial charge in [-0.2, -0.15) is 0 Å². The van der Waals surface area contributed by atoms with Crippen LogP contribution in [-0.4, -0.2) is 65.2 Å². The molecule has 10 nitrogen and oxygen atoms in total. The van der Waals surface area contributed by atoms with Crippen molar-refractivity contribution in [3.05, 3.63) is 16.4 Å². The number of aromatic nitrogens is 2. The lowest BCUT2D eigenvalue weighted by molar-refractivity contribution is -0.383. The van der Waals surface area contributed by atoms with Gasteiger partial charge in [0.1, 0.15) is 6.33 Å². The normalized spacial score (nSPS) is 14.3. The summed E-state index contributed by atoms with van der Waals surface area (Å²) in [6.07, 6.45) is 2.85. The van der Waals surface area contributed by atoms with Gasteiger partial charge in [-0.3, -0.25) is 10.1 Å². The molecule has 1 fully saturated rings. The number of nitrogens with one attached hydrogen (secondary N) is 1. The zero-order valence-electron chi connectivity index (χ0n) is 14.6. The largest absolute Gasteiger partial charge is 0.450 e. The molecule has 25 heavy (non-hydrogen) atoms. The molecule has 1 aromatic rings. The van der Waals surface area contributed by atoms with Crippen molar-refractivity contribution in [1.29, 1.82) is 0 Å². The Morgan fingerprint density at radius 1 is 1.32 bits per heavy atom. The predicted octanol–water partition coefficient (Wildman–Crippen LogP) is 1.88. The molecule has 1 N–H and O–H groups in total. The molecule has 2 rings (SSSR count). The summed E-state index contributed by atoms with van der Waals surface area (Å²) in [6, 6.07) is 0. The lowest BCUT2D eigenvalue weighted by Gasteiger charge is -2.34. The molecule has 1 aromatic heterocycles. The summed E-state index contributed by atoms with van der Waals surface area (Å²) >= 11 is 0. The second kappa shape index (κ2) is 9.00. The Balaban J connectivity index is 2.12. The molecular weight excluding hydrogens is 328 g/mol. The summed E-state index contributed by atoms with van der Waals surface area (Å²) in [7, 11) is 0. The van der Waals surface area contributed by atoms with E-state index in [1.807, 2.05) is 6.92 Å². The van der Waals surface area contributed by atoms with Crippen LogP contribution in [0.1, 0.15) is 26.7 Å². The van der Waals surface area contributed by atoms with E-state index in [1.54, 1.807) is 16.7 Å². The van der Waals surface area contributed by atoms with Crippen molar-refractivity contribution in [2.75, 3.05) is 49.5 Å². The molecule has 0 aromatic carbocycles. The molecule has 0 unspecified atom stereocenters. The van der Waals surface area contributed by atoms with E-state index in [9.17, 15) is 14.9 Å². The number of amides is 1. The Kier molecular flexibility index (Phi) is 6.72. The van der Waals surface area contributed by atoms with Crippen LogP contribution >= 0.6 is 0 Å². The third kappa shape index (κ3) is 4.68. The van der Waals surface area contributed by atoms with Gasteiger partial charge in [0.25, 0.3) is 0 Å². The maximum Gasteiger partial charge on any atom is 0.409 e. The smallest absolute Gasteiger partial charge is 0.409 e. The van der Waals surface area contributed by atoms with Crippen molar-refractivity contribution < 1.29 is 14.5 Å². The number of unbranched alkanes of at least 4 members (excludes halogenated alkanes) is 1. The maximum absolute atomic E-state index is 11.8. The summed E-state index contributed by atoms with van der Waals surface area (Å²) in [4.78, 5) is 34.4. The van der Waals surface area contributed by atoms with Crippen LogP contribution in [0.2, 0.25) is 0 Å². The zero-order valence-corrected chi connectivity index (χ0v) is 14.6. The quantitative estimate of drug-likeness (QED) is 0.449. The number of rotatable bonds is 7. The van der Waals surface area contributed by atoms with Crippen molar-refractivity contribution in [2.24, 2.45) is 0 Å². The first kappa shape index (κ1) is 18.7. The molecule has 0 spiro atoms. The number of ether oxygens (including phenoxy) is 1. The van der Waals surface area contributed by atoms with Crippen molar-refractivity contribution in [1.82, 2.24) is 14.9 Å². The van der Waals surface area contributed by atoms with Gasteiger partial charge in [0.2, 0.25) is 11.6 Å². The monoisotopic (exact) mass is 352 g/mol. The molecule has 0 aliphatic carbocycles. The molecule has 1 saturated heterocycles. The first-order chi connectivity index (χ1) is 12.1. The lowest BCUT2D eigenvalue weighted by atomic mass is 10.3. The molecular formula is C15H24N6O4. The fraction of sp³-hybridized carbons (Fsp3) is 0.667. The molecule has 1 aliphatic rings. The summed E-state index contributed by atoms with van der Waals surface area (Å²) < 4.78 is 4.98. The third-order valence-corrected chi connectivity index (χ3v) is 3.91. The summed E-state index contributed by atoms with van der Waals surface area (Å²) in [5.74, 6) is 0.513. The predicted molar refractivity (Wildman–Crippen MR) is 92.9 cm³/mol. The molecule has 0 atom stereocenters. The molecule has 1 aliphatic heterocycles. The second-order valence-corrected chi connectivity index (χ2v) is 5.60. The number of nitrogens with zero attached hydrogens (tertiary/aromatic N) is 5. The standard InChI is InChI=1S/C15H24N6O4/c1-3-5-6-16-13-12(21(23)24)14(18-11-17-13)19-7-9-20(10-8-19)15(22)25-4-2/h11H,3-10H2,1-2H3,(H,16,17,18). The lowest BCUT2D eigenvalue weighted by Crippen LogP contribution is -2.49. The molecule has 10 heteroatoms. The summed E-state index contributed by atoms with van der Waals surface area (Å²) in [5.41, 5.74) is -0.122. The van der Waals surface area contributed by atoms with Crippen LogP contribution in [0.25, 0.3) is 0 Å². The van der Waals surface area contributed by atoms with Crippen LogP contribution in [0, 0.1) is 10.1 Å². The Morgan fingerprint density at radius 3 is 2.64 bits per heavy atom. The molecule has 138 valence electrons. The Labute approximate surface area is 146 Å². The van der Waals surface area contributed by atoms with Gasteiger partial charge in [0.05, 0.1) is 11.5 Å². The van der Waals surface area contributed by atoms with E-state index in [-0.39, 0.29) is 23.4 Å². The van der Waals surface area contributed by atoms with Crippen LogP contribution in [0.3, 0.4) is 0 Å². The van der Waals surface area contributed by atoms with Crippen molar-refractivity contribution in [3.8, 4) is 0 Å². The number of carbonyl (C=O) groups is 1. The first-order valence-corrected chi connectivity index (χ1v) is 8.48. The number of nitro groups is 1. The fourth-order valence-corrected chi connectivity index (χ4v) is 2.60. The van der Waals surface area contributed by atoms with E-state index in [4.69, 9.17) is 4.74 Å². The molecule has 1 amide bonds. The van der Waals surface area contributed by atoms with Crippen LogP contribution in [0.15, 0.2) is 6.33 Å². The zero-order chi connectivity index (χ0) is 18.2. The van der Waals surface area contributed by atoms with E-state index >= 15 is 0 Å². The molecule has 0 radical (unpaired) electrons.